The molecule has 0 bridgehead atoms. The lowest BCUT2D eigenvalue weighted by atomic mass is 10.0. The van der Waals surface area contributed by atoms with Gasteiger partial charge in [0.15, 0.2) is 0 Å². The van der Waals surface area contributed by atoms with Crippen molar-refractivity contribution < 1.29 is 28.2 Å². The predicted molar refractivity (Wildman–Crippen MR) is 136 cm³/mol. The molecule has 2 aromatic rings. The molecule has 1 amide bonds. The van der Waals surface area contributed by atoms with E-state index in [9.17, 15) is 18.3 Å². The van der Waals surface area contributed by atoms with Crippen LogP contribution in [0.15, 0.2) is 48.5 Å². The van der Waals surface area contributed by atoms with E-state index in [-0.39, 0.29) is 12.6 Å². The molecule has 1 fully saturated rings. The summed E-state index contributed by atoms with van der Waals surface area (Å²) in [5.41, 5.74) is 2.66. The second-order valence-corrected chi connectivity index (χ2v) is 10.5. The van der Waals surface area contributed by atoms with Gasteiger partial charge in [-0.3, -0.25) is 4.72 Å². The minimum absolute atomic E-state index is 0.123. The number of carbonyl (C=O) groups is 1. The molecule has 1 aliphatic rings. The first-order chi connectivity index (χ1) is 16.7. The summed E-state index contributed by atoms with van der Waals surface area (Å²) in [6, 6.07) is 15.0. The first kappa shape index (κ1) is 26.6. The fourth-order valence-corrected chi connectivity index (χ4v) is 4.37. The van der Waals surface area contributed by atoms with Crippen molar-refractivity contribution in [1.29, 1.82) is 0 Å². The lowest BCUT2D eigenvalue weighted by Gasteiger charge is -2.31. The first-order valence-corrected chi connectivity index (χ1v) is 13.5. The molecular weight excluding hydrogens is 472 g/mol. The number of benzene rings is 2. The smallest absolute Gasteiger partial charge is 0.407 e. The van der Waals surface area contributed by atoms with Crippen LogP contribution in [0.4, 0.5) is 16.2 Å². The predicted octanol–water partition coefficient (Wildman–Crippen LogP) is 2.18. The highest BCUT2D eigenvalue weighted by molar-refractivity contribution is 7.92. The summed E-state index contributed by atoms with van der Waals surface area (Å²) in [7, 11) is -3.32. The van der Waals surface area contributed by atoms with E-state index in [0.717, 1.165) is 31.2 Å². The Kier molecular flexibility index (Phi) is 9.58. The lowest BCUT2D eigenvalue weighted by molar-refractivity contribution is 0.106. The van der Waals surface area contributed by atoms with Crippen LogP contribution in [0.25, 0.3) is 0 Å². The number of nitrogens with zero attached hydrogens (tertiary/aromatic N) is 1. The minimum atomic E-state index is -3.32. The van der Waals surface area contributed by atoms with Gasteiger partial charge >= 0.3 is 6.09 Å². The SMILES string of the molecule is CS(=O)(=O)Nc1ccc(OC[C@@H](O)CNCCc2ccc(NC3CCN(C(=O)O)CC3)cc2)cc1. The number of sulfonamides is 1. The zero-order chi connectivity index (χ0) is 25.3. The molecule has 1 saturated heterocycles. The standard InChI is InChI=1S/C24H34N4O6S/c1-35(32,33)27-21-6-8-23(9-7-21)34-17-22(29)16-25-13-10-18-2-4-19(5-3-18)26-20-11-14-28(15-12-20)24(30)31/h2-9,20,22,25-27,29H,10-17H2,1H3,(H,30,31)/t22-/m0/s1. The van der Waals surface area contributed by atoms with Gasteiger partial charge in [0.05, 0.1) is 6.26 Å². The van der Waals surface area contributed by atoms with Gasteiger partial charge in [-0.05, 0) is 67.8 Å². The third kappa shape index (κ3) is 9.63. The minimum Gasteiger partial charge on any atom is -0.491 e. The van der Waals surface area contributed by atoms with Crippen molar-refractivity contribution in [3.63, 3.8) is 0 Å². The number of piperidine rings is 1. The second-order valence-electron chi connectivity index (χ2n) is 8.70. The molecule has 0 aliphatic carbocycles. The monoisotopic (exact) mass is 506 g/mol. The van der Waals surface area contributed by atoms with Gasteiger partial charge in [-0.2, -0.15) is 0 Å². The Morgan fingerprint density at radius 3 is 2.31 bits per heavy atom. The molecule has 0 aromatic heterocycles. The van der Waals surface area contributed by atoms with Crippen molar-refractivity contribution in [2.75, 3.05) is 49.1 Å². The van der Waals surface area contributed by atoms with Crippen molar-refractivity contribution >= 4 is 27.5 Å². The molecular formula is C24H34N4O6S. The van der Waals surface area contributed by atoms with Crippen LogP contribution in [0, 0.1) is 0 Å². The average molecular weight is 507 g/mol. The van der Waals surface area contributed by atoms with Crippen LogP contribution in [0.5, 0.6) is 5.75 Å². The van der Waals surface area contributed by atoms with E-state index in [1.807, 2.05) is 12.1 Å². The second kappa shape index (κ2) is 12.6. The Morgan fingerprint density at radius 1 is 1.09 bits per heavy atom. The van der Waals surface area contributed by atoms with Crippen LogP contribution in [0.3, 0.4) is 0 Å². The number of hydrogen-bond donors (Lipinski definition) is 5. The number of aliphatic hydroxyl groups excluding tert-OH is 1. The zero-order valence-corrected chi connectivity index (χ0v) is 20.6. The summed E-state index contributed by atoms with van der Waals surface area (Å²) in [6.45, 7) is 2.34. The van der Waals surface area contributed by atoms with E-state index in [2.05, 4.69) is 27.5 Å². The van der Waals surface area contributed by atoms with Crippen LogP contribution >= 0.6 is 0 Å². The van der Waals surface area contributed by atoms with Crippen molar-refractivity contribution in [2.45, 2.75) is 31.4 Å². The number of likely N-dealkylation sites (tertiary alicyclic amines) is 1. The number of aliphatic hydroxyl groups is 1. The molecule has 10 nitrogen and oxygen atoms in total. The summed E-state index contributed by atoms with van der Waals surface area (Å²) in [5.74, 6) is 0.546. The van der Waals surface area contributed by atoms with E-state index < -0.39 is 22.2 Å². The number of rotatable bonds is 12. The normalized spacial score (nSPS) is 15.4. The van der Waals surface area contributed by atoms with E-state index in [1.54, 1.807) is 24.3 Å². The maximum Gasteiger partial charge on any atom is 0.407 e. The fourth-order valence-electron chi connectivity index (χ4n) is 3.80. The molecule has 0 spiro atoms. The van der Waals surface area contributed by atoms with Gasteiger partial charge < -0.3 is 30.5 Å². The van der Waals surface area contributed by atoms with Gasteiger partial charge in [0.1, 0.15) is 18.5 Å². The van der Waals surface area contributed by atoms with Gasteiger partial charge in [-0.15, -0.1) is 0 Å². The lowest BCUT2D eigenvalue weighted by Crippen LogP contribution is -2.41. The molecule has 5 N–H and O–H groups in total. The highest BCUT2D eigenvalue weighted by atomic mass is 32.2. The Hall–Kier alpha value is -3.02. The Balaban J connectivity index is 1.29. The van der Waals surface area contributed by atoms with Gasteiger partial charge in [-0.25, -0.2) is 13.2 Å². The number of nitrogens with one attached hydrogen (secondary N) is 3. The topological polar surface area (TPSA) is 140 Å². The fraction of sp³-hybridized carbons (Fsp3) is 0.458. The average Bonchev–Trinajstić information content (AvgIpc) is 2.82. The van der Waals surface area contributed by atoms with Crippen molar-refractivity contribution in [2.24, 2.45) is 0 Å². The van der Waals surface area contributed by atoms with Gasteiger partial charge in [0.2, 0.25) is 10.0 Å². The number of hydrogen-bond acceptors (Lipinski definition) is 7. The Labute approximate surface area is 206 Å². The van der Waals surface area contributed by atoms with Crippen LogP contribution in [-0.4, -0.2) is 80.8 Å². The number of ether oxygens (including phenoxy) is 1. The molecule has 1 atom stereocenters. The molecule has 0 saturated carbocycles. The van der Waals surface area contributed by atoms with E-state index in [4.69, 9.17) is 9.84 Å². The molecule has 0 unspecified atom stereocenters. The zero-order valence-electron chi connectivity index (χ0n) is 19.8. The Bertz CT molecular complexity index is 1040. The van der Waals surface area contributed by atoms with E-state index >= 15 is 0 Å². The summed E-state index contributed by atoms with van der Waals surface area (Å²) in [5, 5.41) is 25.9. The van der Waals surface area contributed by atoms with E-state index in [0.29, 0.717) is 37.6 Å². The molecule has 1 aliphatic heterocycles. The van der Waals surface area contributed by atoms with Crippen LogP contribution < -0.4 is 20.1 Å². The molecule has 0 radical (unpaired) electrons. The van der Waals surface area contributed by atoms with Crippen molar-refractivity contribution in [3.05, 3.63) is 54.1 Å². The summed E-state index contributed by atoms with van der Waals surface area (Å²) < 4.78 is 30.4. The summed E-state index contributed by atoms with van der Waals surface area (Å²) in [4.78, 5) is 12.5. The van der Waals surface area contributed by atoms with Gasteiger partial charge in [0, 0.05) is 37.1 Å². The van der Waals surface area contributed by atoms with Gasteiger partial charge in [-0.1, -0.05) is 12.1 Å². The first-order valence-electron chi connectivity index (χ1n) is 11.6. The molecule has 2 aromatic carbocycles. The van der Waals surface area contributed by atoms with E-state index in [1.165, 1.54) is 10.5 Å². The van der Waals surface area contributed by atoms with Crippen LogP contribution in [0.2, 0.25) is 0 Å². The highest BCUT2D eigenvalue weighted by Gasteiger charge is 2.21. The highest BCUT2D eigenvalue weighted by Crippen LogP contribution is 2.18. The molecule has 3 rings (SSSR count). The maximum absolute atomic E-state index is 11.2. The van der Waals surface area contributed by atoms with Crippen LogP contribution in [-0.2, 0) is 16.4 Å². The van der Waals surface area contributed by atoms with Crippen molar-refractivity contribution in [1.82, 2.24) is 10.2 Å². The number of carboxylic acid groups (broad SMARTS) is 1. The largest absolute Gasteiger partial charge is 0.491 e. The quantitative estimate of drug-likeness (QED) is 0.276. The third-order valence-electron chi connectivity index (χ3n) is 5.66. The third-order valence-corrected chi connectivity index (χ3v) is 6.27. The molecule has 1 heterocycles. The number of amides is 1. The molecule has 192 valence electrons. The summed E-state index contributed by atoms with van der Waals surface area (Å²) >= 11 is 0. The molecule has 35 heavy (non-hydrogen) atoms. The number of anilines is 2. The van der Waals surface area contributed by atoms with Crippen molar-refractivity contribution in [3.8, 4) is 5.75 Å². The Morgan fingerprint density at radius 2 is 1.71 bits per heavy atom. The van der Waals surface area contributed by atoms with Crippen LogP contribution in [0.1, 0.15) is 18.4 Å². The maximum atomic E-state index is 11.2. The van der Waals surface area contributed by atoms with Gasteiger partial charge in [0.25, 0.3) is 0 Å². The molecule has 11 heteroatoms. The summed E-state index contributed by atoms with van der Waals surface area (Å²) in [6.07, 6.45) is 1.98.